The first-order valence-corrected chi connectivity index (χ1v) is 8.80. The van der Waals surface area contributed by atoms with Crippen molar-refractivity contribution >= 4 is 0 Å². The SMILES string of the molecule is CCOC1(C(CC2CCCCC2)NN)CCC(C)CC1. The van der Waals surface area contributed by atoms with E-state index in [1.807, 2.05) is 0 Å². The zero-order valence-electron chi connectivity index (χ0n) is 13.5. The second kappa shape index (κ2) is 7.77. The molecular formula is C17H34N2O. The van der Waals surface area contributed by atoms with Crippen LogP contribution in [0.3, 0.4) is 0 Å². The van der Waals surface area contributed by atoms with Crippen molar-refractivity contribution in [1.29, 1.82) is 0 Å². The average molecular weight is 282 g/mol. The average Bonchev–Trinajstić information content (AvgIpc) is 2.49. The van der Waals surface area contributed by atoms with Gasteiger partial charge in [-0.25, -0.2) is 0 Å². The maximum Gasteiger partial charge on any atom is 0.0848 e. The van der Waals surface area contributed by atoms with E-state index >= 15 is 0 Å². The molecule has 0 saturated heterocycles. The summed E-state index contributed by atoms with van der Waals surface area (Å²) < 4.78 is 6.27. The fourth-order valence-electron chi connectivity index (χ4n) is 4.32. The van der Waals surface area contributed by atoms with Gasteiger partial charge in [0.2, 0.25) is 0 Å². The standard InChI is InChI=1S/C17H34N2O/c1-3-20-17(11-9-14(2)10-12-17)16(19-18)13-15-7-5-4-6-8-15/h14-16,19H,3-13,18H2,1-2H3. The van der Waals surface area contributed by atoms with Gasteiger partial charge in [-0.05, 0) is 50.9 Å². The lowest BCUT2D eigenvalue weighted by molar-refractivity contribution is -0.101. The van der Waals surface area contributed by atoms with E-state index in [0.717, 1.165) is 18.4 Å². The Labute approximate surface area is 125 Å². The molecule has 20 heavy (non-hydrogen) atoms. The van der Waals surface area contributed by atoms with Crippen molar-refractivity contribution in [3.8, 4) is 0 Å². The molecule has 0 heterocycles. The third-order valence-corrected chi connectivity index (χ3v) is 5.68. The molecular weight excluding hydrogens is 248 g/mol. The molecule has 2 aliphatic carbocycles. The van der Waals surface area contributed by atoms with Crippen LogP contribution in [0, 0.1) is 11.8 Å². The second-order valence-corrected chi connectivity index (χ2v) is 7.14. The second-order valence-electron chi connectivity index (χ2n) is 7.14. The van der Waals surface area contributed by atoms with Gasteiger partial charge in [0.15, 0.2) is 0 Å². The molecule has 2 rings (SSSR count). The smallest absolute Gasteiger partial charge is 0.0848 e. The number of nitrogens with one attached hydrogen (secondary N) is 1. The molecule has 2 saturated carbocycles. The minimum atomic E-state index is -0.00649. The summed E-state index contributed by atoms with van der Waals surface area (Å²) in [6.07, 6.45) is 13.1. The Morgan fingerprint density at radius 2 is 1.80 bits per heavy atom. The lowest BCUT2D eigenvalue weighted by Gasteiger charge is -2.45. The lowest BCUT2D eigenvalue weighted by Crippen LogP contribution is -2.57. The van der Waals surface area contributed by atoms with Gasteiger partial charge < -0.3 is 4.74 Å². The van der Waals surface area contributed by atoms with Crippen molar-refractivity contribution in [2.45, 2.75) is 89.7 Å². The van der Waals surface area contributed by atoms with Gasteiger partial charge in [0, 0.05) is 6.61 Å². The van der Waals surface area contributed by atoms with Crippen LogP contribution in [0.25, 0.3) is 0 Å². The Balaban J connectivity index is 2.00. The predicted molar refractivity (Wildman–Crippen MR) is 84.3 cm³/mol. The molecule has 1 unspecified atom stereocenters. The fourth-order valence-corrected chi connectivity index (χ4v) is 4.32. The molecule has 3 nitrogen and oxygen atoms in total. The largest absolute Gasteiger partial charge is 0.374 e. The van der Waals surface area contributed by atoms with Crippen LogP contribution < -0.4 is 11.3 Å². The number of hydrazine groups is 1. The molecule has 1 atom stereocenters. The molecule has 0 aliphatic heterocycles. The molecule has 0 aromatic rings. The predicted octanol–water partition coefficient (Wildman–Crippen LogP) is 3.77. The number of hydrogen-bond acceptors (Lipinski definition) is 3. The summed E-state index contributed by atoms with van der Waals surface area (Å²) in [7, 11) is 0. The van der Waals surface area contributed by atoms with Gasteiger partial charge in [-0.3, -0.25) is 11.3 Å². The molecule has 0 spiro atoms. The number of ether oxygens (including phenoxy) is 1. The van der Waals surface area contributed by atoms with Gasteiger partial charge in [-0.2, -0.15) is 0 Å². The fraction of sp³-hybridized carbons (Fsp3) is 1.00. The topological polar surface area (TPSA) is 47.3 Å². The van der Waals surface area contributed by atoms with E-state index in [1.54, 1.807) is 0 Å². The maximum absolute atomic E-state index is 6.27. The van der Waals surface area contributed by atoms with Crippen LogP contribution >= 0.6 is 0 Å². The molecule has 2 fully saturated rings. The zero-order valence-corrected chi connectivity index (χ0v) is 13.5. The third kappa shape index (κ3) is 3.96. The first kappa shape index (κ1) is 16.3. The zero-order chi connectivity index (χ0) is 14.4. The minimum Gasteiger partial charge on any atom is -0.374 e. The molecule has 3 N–H and O–H groups in total. The highest BCUT2D eigenvalue weighted by Gasteiger charge is 2.42. The Hall–Kier alpha value is -0.120. The Bertz CT molecular complexity index is 268. The van der Waals surface area contributed by atoms with Gasteiger partial charge in [-0.1, -0.05) is 39.0 Å². The first-order valence-electron chi connectivity index (χ1n) is 8.80. The molecule has 0 amide bonds. The van der Waals surface area contributed by atoms with Crippen LogP contribution in [0.15, 0.2) is 0 Å². The van der Waals surface area contributed by atoms with Crippen molar-refractivity contribution in [2.75, 3.05) is 6.61 Å². The summed E-state index contributed by atoms with van der Waals surface area (Å²) in [6.45, 7) is 5.28. The van der Waals surface area contributed by atoms with E-state index in [9.17, 15) is 0 Å². The quantitative estimate of drug-likeness (QED) is 0.576. The summed E-state index contributed by atoms with van der Waals surface area (Å²) in [5, 5.41) is 0. The number of rotatable bonds is 6. The van der Waals surface area contributed by atoms with E-state index in [0.29, 0.717) is 6.04 Å². The normalized spacial score (nSPS) is 34.0. The highest BCUT2D eigenvalue weighted by atomic mass is 16.5. The van der Waals surface area contributed by atoms with Crippen molar-refractivity contribution in [3.63, 3.8) is 0 Å². The van der Waals surface area contributed by atoms with Crippen molar-refractivity contribution < 1.29 is 4.74 Å². The van der Waals surface area contributed by atoms with Gasteiger partial charge in [0.25, 0.3) is 0 Å². The molecule has 0 aromatic heterocycles. The van der Waals surface area contributed by atoms with Crippen LogP contribution in [0.5, 0.6) is 0 Å². The number of hydrogen-bond donors (Lipinski definition) is 2. The van der Waals surface area contributed by atoms with Crippen LogP contribution in [-0.2, 0) is 4.74 Å². The lowest BCUT2D eigenvalue weighted by atomic mass is 9.72. The highest BCUT2D eigenvalue weighted by molar-refractivity contribution is 4.97. The number of nitrogens with two attached hydrogens (primary N) is 1. The van der Waals surface area contributed by atoms with Gasteiger partial charge in [0.1, 0.15) is 0 Å². The maximum atomic E-state index is 6.27. The van der Waals surface area contributed by atoms with E-state index in [4.69, 9.17) is 10.6 Å². The molecule has 0 bridgehead atoms. The van der Waals surface area contributed by atoms with E-state index < -0.39 is 0 Å². The third-order valence-electron chi connectivity index (χ3n) is 5.68. The van der Waals surface area contributed by atoms with E-state index in [-0.39, 0.29) is 5.60 Å². The van der Waals surface area contributed by atoms with Gasteiger partial charge in [-0.15, -0.1) is 0 Å². The summed E-state index contributed by atoms with van der Waals surface area (Å²) in [4.78, 5) is 0. The monoisotopic (exact) mass is 282 g/mol. The van der Waals surface area contributed by atoms with Crippen molar-refractivity contribution in [3.05, 3.63) is 0 Å². The van der Waals surface area contributed by atoms with E-state index in [1.165, 1.54) is 64.2 Å². The summed E-state index contributed by atoms with van der Waals surface area (Å²) in [5.74, 6) is 7.63. The minimum absolute atomic E-state index is 0.00649. The molecule has 3 heteroatoms. The van der Waals surface area contributed by atoms with Crippen LogP contribution in [-0.4, -0.2) is 18.2 Å². The first-order chi connectivity index (χ1) is 9.70. The molecule has 2 aliphatic rings. The van der Waals surface area contributed by atoms with E-state index in [2.05, 4.69) is 19.3 Å². The van der Waals surface area contributed by atoms with Crippen LogP contribution in [0.2, 0.25) is 0 Å². The molecule has 0 aromatic carbocycles. The van der Waals surface area contributed by atoms with Crippen molar-refractivity contribution in [2.24, 2.45) is 17.7 Å². The van der Waals surface area contributed by atoms with Gasteiger partial charge in [0.05, 0.1) is 11.6 Å². The molecule has 118 valence electrons. The Kier molecular flexibility index (Phi) is 6.31. The van der Waals surface area contributed by atoms with Gasteiger partial charge >= 0.3 is 0 Å². The molecule has 0 radical (unpaired) electrons. The van der Waals surface area contributed by atoms with Crippen molar-refractivity contribution in [1.82, 2.24) is 5.43 Å². The van der Waals surface area contributed by atoms with Crippen LogP contribution in [0.4, 0.5) is 0 Å². The summed E-state index contributed by atoms with van der Waals surface area (Å²) >= 11 is 0. The summed E-state index contributed by atoms with van der Waals surface area (Å²) in [5.41, 5.74) is 3.13. The van der Waals surface area contributed by atoms with Crippen LogP contribution in [0.1, 0.15) is 78.1 Å². The highest BCUT2D eigenvalue weighted by Crippen LogP contribution is 2.40. The summed E-state index contributed by atoms with van der Waals surface area (Å²) in [6, 6.07) is 0.332. The Morgan fingerprint density at radius 1 is 1.15 bits per heavy atom. The Morgan fingerprint density at radius 3 is 2.35 bits per heavy atom.